The molecule has 0 saturated heterocycles. The van der Waals surface area contributed by atoms with Crippen LogP contribution < -0.4 is 4.74 Å². The van der Waals surface area contributed by atoms with Crippen molar-refractivity contribution in [2.75, 3.05) is 20.2 Å². The lowest BCUT2D eigenvalue weighted by Gasteiger charge is -2.13. The second kappa shape index (κ2) is 8.79. The fourth-order valence-electron chi connectivity index (χ4n) is 1.71. The number of hydrogen-bond acceptors (Lipinski definition) is 3. The number of likely N-dealkylation sites (N-methyl/N-ethyl adjacent to an activating group) is 1. The van der Waals surface area contributed by atoms with Crippen LogP contribution in [0.5, 0.6) is 5.75 Å². The standard InChI is InChI=1S/C16H21NO4/c1-3-21-14-9-6-13(7-10-14)8-11-15(18)17(2)12-4-5-16(19)20/h6-11H,3-5,12H2,1-2H3,(H,19,20)/b11-8+. The third-order valence-electron chi connectivity index (χ3n) is 2.87. The maximum absolute atomic E-state index is 11.8. The van der Waals surface area contributed by atoms with E-state index in [-0.39, 0.29) is 12.3 Å². The summed E-state index contributed by atoms with van der Waals surface area (Å²) >= 11 is 0. The van der Waals surface area contributed by atoms with Crippen molar-refractivity contribution in [2.24, 2.45) is 0 Å². The highest BCUT2D eigenvalue weighted by molar-refractivity contribution is 5.91. The molecule has 0 heterocycles. The quantitative estimate of drug-likeness (QED) is 0.747. The number of carboxylic acid groups (broad SMARTS) is 1. The van der Waals surface area contributed by atoms with Crippen molar-refractivity contribution in [3.63, 3.8) is 0 Å². The smallest absolute Gasteiger partial charge is 0.303 e. The minimum atomic E-state index is -0.847. The average molecular weight is 291 g/mol. The molecule has 0 unspecified atom stereocenters. The fraction of sp³-hybridized carbons (Fsp3) is 0.375. The zero-order valence-corrected chi connectivity index (χ0v) is 12.4. The highest BCUT2D eigenvalue weighted by Crippen LogP contribution is 2.13. The highest BCUT2D eigenvalue weighted by atomic mass is 16.5. The van der Waals surface area contributed by atoms with Crippen LogP contribution in [-0.4, -0.2) is 42.1 Å². The van der Waals surface area contributed by atoms with Gasteiger partial charge in [0.25, 0.3) is 0 Å². The van der Waals surface area contributed by atoms with Crippen LogP contribution in [0.3, 0.4) is 0 Å². The van der Waals surface area contributed by atoms with E-state index in [1.807, 2.05) is 31.2 Å². The summed E-state index contributed by atoms with van der Waals surface area (Å²) in [5, 5.41) is 8.55. The third-order valence-corrected chi connectivity index (χ3v) is 2.87. The first-order valence-electron chi connectivity index (χ1n) is 6.90. The molecule has 0 aliphatic rings. The maximum atomic E-state index is 11.8. The van der Waals surface area contributed by atoms with Gasteiger partial charge in [0, 0.05) is 26.1 Å². The predicted molar refractivity (Wildman–Crippen MR) is 81.2 cm³/mol. The molecule has 5 heteroatoms. The Labute approximate surface area is 124 Å². The van der Waals surface area contributed by atoms with Gasteiger partial charge in [-0.15, -0.1) is 0 Å². The molecule has 1 aromatic carbocycles. The number of benzene rings is 1. The molecule has 0 fully saturated rings. The molecule has 1 amide bonds. The Balaban J connectivity index is 2.46. The number of carboxylic acids is 1. The van der Waals surface area contributed by atoms with E-state index in [0.717, 1.165) is 11.3 Å². The van der Waals surface area contributed by atoms with Crippen LogP contribution in [0, 0.1) is 0 Å². The molecule has 5 nitrogen and oxygen atoms in total. The number of amides is 1. The van der Waals surface area contributed by atoms with Gasteiger partial charge >= 0.3 is 5.97 Å². The Bertz CT molecular complexity index is 494. The first-order valence-corrected chi connectivity index (χ1v) is 6.90. The minimum Gasteiger partial charge on any atom is -0.494 e. The molecule has 0 spiro atoms. The van der Waals surface area contributed by atoms with Gasteiger partial charge in [0.1, 0.15) is 5.75 Å². The number of hydrogen-bond donors (Lipinski definition) is 1. The number of aliphatic carboxylic acids is 1. The second-order valence-electron chi connectivity index (χ2n) is 4.59. The van der Waals surface area contributed by atoms with Crippen molar-refractivity contribution in [1.82, 2.24) is 4.90 Å². The van der Waals surface area contributed by atoms with Crippen molar-refractivity contribution in [1.29, 1.82) is 0 Å². The van der Waals surface area contributed by atoms with Gasteiger partial charge in [-0.05, 0) is 37.1 Å². The van der Waals surface area contributed by atoms with E-state index in [1.54, 1.807) is 13.1 Å². The van der Waals surface area contributed by atoms with E-state index in [9.17, 15) is 9.59 Å². The Kier molecular flexibility index (Phi) is 7.01. The van der Waals surface area contributed by atoms with Crippen molar-refractivity contribution >= 4 is 18.0 Å². The van der Waals surface area contributed by atoms with Crippen LogP contribution in [0.4, 0.5) is 0 Å². The summed E-state index contributed by atoms with van der Waals surface area (Å²) in [6.45, 7) is 2.97. The van der Waals surface area contributed by atoms with Crippen molar-refractivity contribution < 1.29 is 19.4 Å². The molecular weight excluding hydrogens is 270 g/mol. The molecule has 0 bridgehead atoms. The Hall–Kier alpha value is -2.30. The number of nitrogens with zero attached hydrogens (tertiary/aromatic N) is 1. The van der Waals surface area contributed by atoms with Crippen molar-refractivity contribution in [3.05, 3.63) is 35.9 Å². The number of ether oxygens (including phenoxy) is 1. The normalized spacial score (nSPS) is 10.6. The molecular formula is C16H21NO4. The topological polar surface area (TPSA) is 66.8 Å². The van der Waals surface area contributed by atoms with Crippen LogP contribution in [0.1, 0.15) is 25.3 Å². The Morgan fingerprint density at radius 1 is 1.29 bits per heavy atom. The van der Waals surface area contributed by atoms with Crippen molar-refractivity contribution in [3.8, 4) is 5.75 Å². The number of rotatable bonds is 8. The van der Waals surface area contributed by atoms with E-state index >= 15 is 0 Å². The Morgan fingerprint density at radius 3 is 2.52 bits per heavy atom. The minimum absolute atomic E-state index is 0.0697. The van der Waals surface area contributed by atoms with E-state index in [1.165, 1.54) is 11.0 Å². The predicted octanol–water partition coefficient (Wildman–Crippen LogP) is 2.42. The Morgan fingerprint density at radius 2 is 1.95 bits per heavy atom. The van der Waals surface area contributed by atoms with Gasteiger partial charge in [-0.2, -0.15) is 0 Å². The second-order valence-corrected chi connectivity index (χ2v) is 4.59. The fourth-order valence-corrected chi connectivity index (χ4v) is 1.71. The molecule has 1 N–H and O–H groups in total. The van der Waals surface area contributed by atoms with Gasteiger partial charge < -0.3 is 14.7 Å². The highest BCUT2D eigenvalue weighted by Gasteiger charge is 2.05. The number of carbonyl (C=O) groups excluding carboxylic acids is 1. The monoisotopic (exact) mass is 291 g/mol. The van der Waals surface area contributed by atoms with E-state index < -0.39 is 5.97 Å². The molecule has 0 radical (unpaired) electrons. The van der Waals surface area contributed by atoms with Crippen molar-refractivity contribution in [2.45, 2.75) is 19.8 Å². The van der Waals surface area contributed by atoms with E-state index in [2.05, 4.69) is 0 Å². The summed E-state index contributed by atoms with van der Waals surface area (Å²) in [4.78, 5) is 23.7. The zero-order chi connectivity index (χ0) is 15.7. The summed E-state index contributed by atoms with van der Waals surface area (Å²) in [6.07, 6.45) is 3.73. The number of carbonyl (C=O) groups is 2. The molecule has 0 atom stereocenters. The van der Waals surface area contributed by atoms with Gasteiger partial charge in [0.15, 0.2) is 0 Å². The van der Waals surface area contributed by atoms with Crippen LogP contribution >= 0.6 is 0 Å². The first-order chi connectivity index (χ1) is 10.0. The lowest BCUT2D eigenvalue weighted by atomic mass is 10.2. The van der Waals surface area contributed by atoms with Gasteiger partial charge in [0.05, 0.1) is 6.61 Å². The molecule has 114 valence electrons. The lowest BCUT2D eigenvalue weighted by Crippen LogP contribution is -2.26. The molecule has 1 rings (SSSR count). The molecule has 0 saturated carbocycles. The average Bonchev–Trinajstić information content (AvgIpc) is 2.46. The first kappa shape index (κ1) is 16.8. The van der Waals surface area contributed by atoms with E-state index in [0.29, 0.717) is 19.6 Å². The van der Waals surface area contributed by atoms with Gasteiger partial charge in [-0.3, -0.25) is 9.59 Å². The summed E-state index contributed by atoms with van der Waals surface area (Å²) < 4.78 is 5.34. The van der Waals surface area contributed by atoms with Crippen LogP contribution in [-0.2, 0) is 9.59 Å². The zero-order valence-electron chi connectivity index (χ0n) is 12.4. The lowest BCUT2D eigenvalue weighted by molar-refractivity contribution is -0.137. The van der Waals surface area contributed by atoms with Crippen LogP contribution in [0.2, 0.25) is 0 Å². The largest absolute Gasteiger partial charge is 0.494 e. The van der Waals surface area contributed by atoms with Gasteiger partial charge in [-0.25, -0.2) is 0 Å². The van der Waals surface area contributed by atoms with E-state index in [4.69, 9.17) is 9.84 Å². The SMILES string of the molecule is CCOc1ccc(/C=C/C(=O)N(C)CCCC(=O)O)cc1. The van der Waals surface area contributed by atoms with Gasteiger partial charge in [0.2, 0.25) is 5.91 Å². The van der Waals surface area contributed by atoms with Crippen LogP contribution in [0.25, 0.3) is 6.08 Å². The molecule has 0 aliphatic carbocycles. The summed E-state index contributed by atoms with van der Waals surface area (Å²) in [5.74, 6) is -0.193. The van der Waals surface area contributed by atoms with Crippen LogP contribution in [0.15, 0.2) is 30.3 Å². The molecule has 0 aromatic heterocycles. The molecule has 0 aliphatic heterocycles. The third kappa shape index (κ3) is 6.61. The maximum Gasteiger partial charge on any atom is 0.303 e. The summed E-state index contributed by atoms with van der Waals surface area (Å²) in [6, 6.07) is 7.45. The van der Waals surface area contributed by atoms with Gasteiger partial charge in [-0.1, -0.05) is 12.1 Å². The summed E-state index contributed by atoms with van der Waals surface area (Å²) in [7, 11) is 1.66. The summed E-state index contributed by atoms with van der Waals surface area (Å²) in [5.41, 5.74) is 0.908. The molecule has 21 heavy (non-hydrogen) atoms. The molecule has 1 aromatic rings.